The SMILES string of the molecule is C[C@@H]1CN(c2cc(-n3ccnc3)c3ccc(Cl)c(Cl)c3n2)C[C@H]1O. The Morgan fingerprint density at radius 3 is 2.75 bits per heavy atom. The number of hydrogen-bond donors (Lipinski definition) is 1. The number of aliphatic hydroxyl groups excluding tert-OH is 1. The molecule has 3 aromatic rings. The number of aromatic nitrogens is 3. The van der Waals surface area contributed by atoms with Crippen LogP contribution in [0.3, 0.4) is 0 Å². The highest BCUT2D eigenvalue weighted by molar-refractivity contribution is 6.45. The maximum absolute atomic E-state index is 10.1. The summed E-state index contributed by atoms with van der Waals surface area (Å²) >= 11 is 12.6. The summed E-state index contributed by atoms with van der Waals surface area (Å²) in [5.41, 5.74) is 1.58. The largest absolute Gasteiger partial charge is 0.391 e. The number of β-amino-alcohol motifs (C(OH)–C–C–N with tert-alkyl or cyclic N) is 1. The van der Waals surface area contributed by atoms with Gasteiger partial charge in [-0.3, -0.25) is 0 Å². The number of benzene rings is 1. The van der Waals surface area contributed by atoms with Crippen molar-refractivity contribution in [2.45, 2.75) is 13.0 Å². The van der Waals surface area contributed by atoms with E-state index in [0.717, 1.165) is 23.4 Å². The molecule has 0 unspecified atom stereocenters. The van der Waals surface area contributed by atoms with Crippen molar-refractivity contribution in [2.24, 2.45) is 5.92 Å². The smallest absolute Gasteiger partial charge is 0.131 e. The number of imidazole rings is 1. The topological polar surface area (TPSA) is 54.2 Å². The molecular weight excluding hydrogens is 347 g/mol. The Balaban J connectivity index is 1.94. The van der Waals surface area contributed by atoms with E-state index >= 15 is 0 Å². The van der Waals surface area contributed by atoms with Gasteiger partial charge in [0.2, 0.25) is 0 Å². The van der Waals surface area contributed by atoms with Crippen LogP contribution in [0.2, 0.25) is 10.0 Å². The molecule has 0 spiro atoms. The predicted molar refractivity (Wildman–Crippen MR) is 96.3 cm³/mol. The fourth-order valence-corrected chi connectivity index (χ4v) is 3.48. The monoisotopic (exact) mass is 362 g/mol. The first-order valence-electron chi connectivity index (χ1n) is 7.74. The molecule has 0 amide bonds. The molecule has 124 valence electrons. The molecule has 5 nitrogen and oxygen atoms in total. The van der Waals surface area contributed by atoms with Gasteiger partial charge in [0.05, 0.1) is 33.7 Å². The van der Waals surface area contributed by atoms with Crippen LogP contribution in [0.1, 0.15) is 6.92 Å². The molecule has 1 aromatic carbocycles. The van der Waals surface area contributed by atoms with Gasteiger partial charge in [0.15, 0.2) is 0 Å². The lowest BCUT2D eigenvalue weighted by molar-refractivity contribution is 0.157. The predicted octanol–water partition coefficient (Wildman–Crippen LogP) is 3.54. The number of aliphatic hydroxyl groups is 1. The maximum atomic E-state index is 10.1. The molecule has 3 heterocycles. The van der Waals surface area contributed by atoms with Crippen molar-refractivity contribution in [1.29, 1.82) is 0 Å². The minimum absolute atomic E-state index is 0.203. The van der Waals surface area contributed by atoms with Gasteiger partial charge in [0.1, 0.15) is 5.82 Å². The fourth-order valence-electron chi connectivity index (χ4n) is 3.12. The second-order valence-electron chi connectivity index (χ2n) is 6.18. The van der Waals surface area contributed by atoms with Crippen LogP contribution < -0.4 is 4.90 Å². The molecule has 24 heavy (non-hydrogen) atoms. The molecule has 2 aromatic heterocycles. The van der Waals surface area contributed by atoms with Crippen molar-refractivity contribution in [3.05, 3.63) is 47.0 Å². The van der Waals surface area contributed by atoms with Gasteiger partial charge in [-0.25, -0.2) is 9.97 Å². The Labute approximate surface area is 149 Å². The number of pyridine rings is 1. The lowest BCUT2D eigenvalue weighted by Gasteiger charge is -2.20. The molecule has 0 bridgehead atoms. The number of anilines is 1. The molecule has 1 aliphatic rings. The number of hydrogen-bond acceptors (Lipinski definition) is 4. The lowest BCUT2D eigenvalue weighted by Crippen LogP contribution is -2.22. The van der Waals surface area contributed by atoms with E-state index in [1.165, 1.54) is 0 Å². The van der Waals surface area contributed by atoms with Gasteiger partial charge < -0.3 is 14.6 Å². The van der Waals surface area contributed by atoms with Gasteiger partial charge >= 0.3 is 0 Å². The number of rotatable bonds is 2. The van der Waals surface area contributed by atoms with Crippen molar-refractivity contribution in [1.82, 2.24) is 14.5 Å². The quantitative estimate of drug-likeness (QED) is 0.757. The summed E-state index contributed by atoms with van der Waals surface area (Å²) in [6.07, 6.45) is 4.99. The third kappa shape index (κ3) is 2.53. The molecule has 1 aliphatic heterocycles. The lowest BCUT2D eigenvalue weighted by atomic mass is 10.1. The Bertz CT molecular complexity index is 887. The zero-order valence-corrected chi connectivity index (χ0v) is 14.5. The summed E-state index contributed by atoms with van der Waals surface area (Å²) in [5.74, 6) is 0.979. The van der Waals surface area contributed by atoms with Crippen molar-refractivity contribution in [3.63, 3.8) is 0 Å². The second-order valence-corrected chi connectivity index (χ2v) is 6.96. The molecule has 0 radical (unpaired) electrons. The summed E-state index contributed by atoms with van der Waals surface area (Å²) in [7, 11) is 0. The highest BCUT2D eigenvalue weighted by atomic mass is 35.5. The normalized spacial score (nSPS) is 20.9. The van der Waals surface area contributed by atoms with Crippen LogP contribution in [0.15, 0.2) is 36.9 Å². The number of fused-ring (bicyclic) bond motifs is 1. The van der Waals surface area contributed by atoms with E-state index in [4.69, 9.17) is 28.2 Å². The summed E-state index contributed by atoms with van der Waals surface area (Å²) < 4.78 is 1.92. The van der Waals surface area contributed by atoms with Crippen LogP contribution in [-0.2, 0) is 0 Å². The van der Waals surface area contributed by atoms with Crippen LogP contribution in [0.25, 0.3) is 16.6 Å². The summed E-state index contributed by atoms with van der Waals surface area (Å²) in [6.45, 7) is 3.34. The van der Waals surface area contributed by atoms with Gasteiger partial charge in [-0.1, -0.05) is 30.1 Å². The van der Waals surface area contributed by atoms with Crippen LogP contribution >= 0.6 is 23.2 Å². The Morgan fingerprint density at radius 1 is 1.25 bits per heavy atom. The third-order valence-electron chi connectivity index (χ3n) is 4.52. The molecular formula is C17H16Cl2N4O. The van der Waals surface area contributed by atoms with Gasteiger partial charge in [0, 0.05) is 42.9 Å². The first-order chi connectivity index (χ1) is 11.5. The Kier molecular flexibility index (Phi) is 3.87. The summed E-state index contributed by atoms with van der Waals surface area (Å²) in [4.78, 5) is 10.9. The van der Waals surface area contributed by atoms with Crippen LogP contribution in [-0.4, -0.2) is 38.8 Å². The van der Waals surface area contributed by atoms with E-state index < -0.39 is 0 Å². The third-order valence-corrected chi connectivity index (χ3v) is 5.31. The second kappa shape index (κ2) is 5.92. The van der Waals surface area contributed by atoms with E-state index in [9.17, 15) is 5.11 Å². The average molecular weight is 363 g/mol. The van der Waals surface area contributed by atoms with Crippen molar-refractivity contribution in [2.75, 3.05) is 18.0 Å². The zero-order chi connectivity index (χ0) is 16.8. The first kappa shape index (κ1) is 15.7. The average Bonchev–Trinajstić information content (AvgIpc) is 3.21. The Morgan fingerprint density at radius 2 is 2.08 bits per heavy atom. The molecule has 0 aliphatic carbocycles. The molecule has 4 rings (SSSR count). The van der Waals surface area contributed by atoms with Crippen molar-refractivity contribution in [3.8, 4) is 5.69 Å². The Hall–Kier alpha value is -1.82. The molecule has 7 heteroatoms. The van der Waals surface area contributed by atoms with Gasteiger partial charge in [0.25, 0.3) is 0 Å². The summed E-state index contributed by atoms with van der Waals surface area (Å²) in [6, 6.07) is 5.69. The molecule has 0 saturated carbocycles. The van der Waals surface area contributed by atoms with Crippen LogP contribution in [0, 0.1) is 5.92 Å². The van der Waals surface area contributed by atoms with E-state index in [2.05, 4.69) is 9.88 Å². The maximum Gasteiger partial charge on any atom is 0.131 e. The molecule has 1 N–H and O–H groups in total. The van der Waals surface area contributed by atoms with Crippen LogP contribution in [0.5, 0.6) is 0 Å². The minimum Gasteiger partial charge on any atom is -0.391 e. The van der Waals surface area contributed by atoms with E-state index in [-0.39, 0.29) is 12.0 Å². The highest BCUT2D eigenvalue weighted by Gasteiger charge is 2.29. The van der Waals surface area contributed by atoms with Gasteiger partial charge in [-0.2, -0.15) is 0 Å². The van der Waals surface area contributed by atoms with Crippen LogP contribution in [0.4, 0.5) is 5.82 Å². The fraction of sp³-hybridized carbons (Fsp3) is 0.294. The standard InChI is InChI=1S/C17H16Cl2N4O/c1-10-7-23(8-14(10)24)15-6-13(22-5-4-20-9-22)11-2-3-12(18)16(19)17(11)21-15/h2-6,9-10,14,24H,7-8H2,1H3/t10-,14-/m1/s1. The molecule has 2 atom stereocenters. The first-order valence-corrected chi connectivity index (χ1v) is 8.50. The van der Waals surface area contributed by atoms with E-state index in [0.29, 0.717) is 22.1 Å². The van der Waals surface area contributed by atoms with Gasteiger partial charge in [-0.05, 0) is 12.1 Å². The molecule has 1 saturated heterocycles. The zero-order valence-electron chi connectivity index (χ0n) is 13.0. The number of halogens is 2. The number of nitrogens with zero attached hydrogens (tertiary/aromatic N) is 4. The summed E-state index contributed by atoms with van der Waals surface area (Å²) in [5, 5.41) is 11.9. The molecule has 1 fully saturated rings. The van der Waals surface area contributed by atoms with Crippen molar-refractivity contribution >= 4 is 39.9 Å². The van der Waals surface area contributed by atoms with E-state index in [1.807, 2.05) is 29.8 Å². The highest BCUT2D eigenvalue weighted by Crippen LogP contribution is 2.35. The van der Waals surface area contributed by atoms with Crippen molar-refractivity contribution < 1.29 is 5.11 Å². The van der Waals surface area contributed by atoms with E-state index in [1.54, 1.807) is 18.6 Å². The van der Waals surface area contributed by atoms with Gasteiger partial charge in [-0.15, -0.1) is 0 Å². The minimum atomic E-state index is -0.353.